The van der Waals surface area contributed by atoms with Crippen LogP contribution in [-0.2, 0) is 0 Å². The minimum atomic E-state index is -1.44. The molecule has 1 saturated heterocycles. The van der Waals surface area contributed by atoms with E-state index in [0.717, 1.165) is 37.6 Å². The number of nitro benzene ring substituents is 1. The minimum Gasteiger partial charge on any atom is -0.478 e. The van der Waals surface area contributed by atoms with Gasteiger partial charge in [0.25, 0.3) is 0 Å². The van der Waals surface area contributed by atoms with Gasteiger partial charge >= 0.3 is 11.7 Å². The number of rotatable bonds is 6. The van der Waals surface area contributed by atoms with Crippen LogP contribution >= 0.6 is 0 Å². The van der Waals surface area contributed by atoms with Crippen LogP contribution in [-0.4, -0.2) is 29.1 Å². The normalized spacial score (nSPS) is 16.1. The van der Waals surface area contributed by atoms with Crippen molar-refractivity contribution in [1.82, 2.24) is 0 Å². The van der Waals surface area contributed by atoms with Crippen LogP contribution in [0.1, 0.15) is 61.1 Å². The molecule has 0 aliphatic carbocycles. The molecular formula is C26H28FN3O6. The van der Waals surface area contributed by atoms with Gasteiger partial charge in [-0.25, -0.2) is 4.79 Å². The van der Waals surface area contributed by atoms with E-state index in [4.69, 9.17) is 4.42 Å². The summed E-state index contributed by atoms with van der Waals surface area (Å²) in [6.45, 7) is 9.46. The second kappa shape index (κ2) is 9.25. The van der Waals surface area contributed by atoms with Crippen molar-refractivity contribution >= 4 is 34.2 Å². The monoisotopic (exact) mass is 497 g/mol. The van der Waals surface area contributed by atoms with Gasteiger partial charge in [0.15, 0.2) is 11.3 Å². The van der Waals surface area contributed by atoms with E-state index >= 15 is 0 Å². The summed E-state index contributed by atoms with van der Waals surface area (Å²) in [5.41, 5.74) is 0.265. The van der Waals surface area contributed by atoms with Gasteiger partial charge in [0.2, 0.25) is 5.82 Å². The molecule has 0 spiro atoms. The Labute approximate surface area is 206 Å². The molecule has 1 aromatic heterocycles. The first-order chi connectivity index (χ1) is 16.9. The molecule has 0 unspecified atom stereocenters. The lowest BCUT2D eigenvalue weighted by atomic mass is 9.83. The molecule has 1 aliphatic rings. The van der Waals surface area contributed by atoms with Gasteiger partial charge in [0, 0.05) is 36.9 Å². The van der Waals surface area contributed by atoms with Gasteiger partial charge in [-0.2, -0.15) is 4.39 Å². The second-order valence-corrected chi connectivity index (χ2v) is 10.1. The lowest BCUT2D eigenvalue weighted by Crippen LogP contribution is -2.37. The second-order valence-electron chi connectivity index (χ2n) is 10.1. The number of aryl methyl sites for hydroxylation is 1. The molecule has 1 aliphatic heterocycles. The number of hydrogen-bond acceptors (Lipinski definition) is 7. The highest BCUT2D eigenvalue weighted by molar-refractivity contribution is 5.95. The number of fused-ring (bicyclic) bond motifs is 1. The first kappa shape index (κ1) is 25.2. The van der Waals surface area contributed by atoms with Crippen LogP contribution in [0.15, 0.2) is 39.5 Å². The Morgan fingerprint density at radius 3 is 2.50 bits per heavy atom. The van der Waals surface area contributed by atoms with Crippen molar-refractivity contribution in [2.45, 2.75) is 46.6 Å². The standard InChI is InChI=1S/C26H28FN3O6/c1-14-9-16(15(2)28-20-12-19(27)21(30(34)35)11-17(20)25(32)33)24-18(10-14)22(31)13-23(36-24)29-7-5-26(3,4)6-8-29/h9-13,15,28H,5-8H2,1-4H3,(H,32,33)/t15-/m1/s1. The molecule has 190 valence electrons. The zero-order chi connectivity index (χ0) is 26.4. The third-order valence-electron chi connectivity index (χ3n) is 6.77. The molecule has 3 aromatic rings. The zero-order valence-electron chi connectivity index (χ0n) is 20.6. The van der Waals surface area contributed by atoms with Crippen molar-refractivity contribution < 1.29 is 23.6 Å². The third kappa shape index (κ3) is 4.89. The fourth-order valence-corrected chi connectivity index (χ4v) is 4.54. The van der Waals surface area contributed by atoms with Gasteiger partial charge in [-0.3, -0.25) is 14.9 Å². The maximum absolute atomic E-state index is 14.3. The highest BCUT2D eigenvalue weighted by atomic mass is 19.1. The minimum absolute atomic E-state index is 0.121. The number of benzene rings is 2. The van der Waals surface area contributed by atoms with Crippen LogP contribution in [0.25, 0.3) is 11.0 Å². The Balaban J connectivity index is 1.77. The average molecular weight is 498 g/mol. The molecule has 4 rings (SSSR count). The van der Waals surface area contributed by atoms with E-state index in [-0.39, 0.29) is 16.5 Å². The van der Waals surface area contributed by atoms with Crippen LogP contribution in [0.5, 0.6) is 0 Å². The van der Waals surface area contributed by atoms with Crippen molar-refractivity contribution in [3.8, 4) is 0 Å². The summed E-state index contributed by atoms with van der Waals surface area (Å²) in [5.74, 6) is -2.13. The molecule has 2 heterocycles. The van der Waals surface area contributed by atoms with Crippen LogP contribution < -0.4 is 15.6 Å². The number of hydrogen-bond donors (Lipinski definition) is 2. The van der Waals surface area contributed by atoms with E-state index < -0.39 is 34.0 Å². The molecule has 2 aromatic carbocycles. The highest BCUT2D eigenvalue weighted by Crippen LogP contribution is 2.35. The molecule has 10 heteroatoms. The van der Waals surface area contributed by atoms with Gasteiger partial charge in [-0.15, -0.1) is 0 Å². The first-order valence-electron chi connectivity index (χ1n) is 11.7. The third-order valence-corrected chi connectivity index (χ3v) is 6.77. The zero-order valence-corrected chi connectivity index (χ0v) is 20.6. The van der Waals surface area contributed by atoms with Crippen LogP contribution in [0.3, 0.4) is 0 Å². The summed E-state index contributed by atoms with van der Waals surface area (Å²) >= 11 is 0. The van der Waals surface area contributed by atoms with E-state index in [1.165, 1.54) is 6.07 Å². The molecule has 1 fully saturated rings. The van der Waals surface area contributed by atoms with E-state index in [9.17, 15) is 29.2 Å². The van der Waals surface area contributed by atoms with Gasteiger partial charge in [-0.1, -0.05) is 19.9 Å². The lowest BCUT2D eigenvalue weighted by Gasteiger charge is -2.37. The topological polar surface area (TPSA) is 126 Å². The highest BCUT2D eigenvalue weighted by Gasteiger charge is 2.28. The Bertz CT molecular complexity index is 1420. The number of carbonyl (C=O) groups is 1. The smallest absolute Gasteiger partial charge is 0.338 e. The van der Waals surface area contributed by atoms with Gasteiger partial charge in [0.05, 0.1) is 27.6 Å². The molecule has 0 amide bonds. The summed E-state index contributed by atoms with van der Waals surface area (Å²) in [6.07, 6.45) is 1.91. The fourth-order valence-electron chi connectivity index (χ4n) is 4.54. The molecule has 9 nitrogen and oxygen atoms in total. The van der Waals surface area contributed by atoms with Crippen molar-refractivity contribution in [1.29, 1.82) is 0 Å². The SMILES string of the molecule is Cc1cc([C@@H](C)Nc2cc(F)c([N+](=O)[O-])cc2C(=O)O)c2oc(N3CCC(C)(C)CC3)cc(=O)c2c1. The number of aromatic carboxylic acids is 1. The van der Waals surface area contributed by atoms with Gasteiger partial charge < -0.3 is 19.7 Å². The number of carboxylic acids is 1. The largest absolute Gasteiger partial charge is 0.478 e. The Morgan fingerprint density at radius 1 is 1.22 bits per heavy atom. The molecule has 0 saturated carbocycles. The number of nitro groups is 1. The predicted octanol–water partition coefficient (Wildman–Crippen LogP) is 5.65. The van der Waals surface area contributed by atoms with Crippen LogP contribution in [0.4, 0.5) is 21.6 Å². The van der Waals surface area contributed by atoms with Crippen molar-refractivity contribution in [3.05, 3.63) is 73.2 Å². The average Bonchev–Trinajstić information content (AvgIpc) is 2.78. The van der Waals surface area contributed by atoms with Crippen molar-refractivity contribution in [2.75, 3.05) is 23.3 Å². The Hall–Kier alpha value is -3.95. The summed E-state index contributed by atoms with van der Waals surface area (Å²) in [7, 11) is 0. The van der Waals surface area contributed by atoms with Crippen molar-refractivity contribution in [2.24, 2.45) is 5.41 Å². The molecule has 2 N–H and O–H groups in total. The summed E-state index contributed by atoms with van der Waals surface area (Å²) in [6, 6.07) is 5.91. The quantitative estimate of drug-likeness (QED) is 0.331. The van der Waals surface area contributed by atoms with Crippen LogP contribution in [0.2, 0.25) is 0 Å². The predicted molar refractivity (Wildman–Crippen MR) is 135 cm³/mol. The van der Waals surface area contributed by atoms with E-state index in [1.807, 2.05) is 17.9 Å². The number of piperidine rings is 1. The molecule has 1 atom stereocenters. The van der Waals surface area contributed by atoms with E-state index in [2.05, 4.69) is 19.2 Å². The fraction of sp³-hybridized carbons (Fsp3) is 0.385. The maximum Gasteiger partial charge on any atom is 0.338 e. The number of anilines is 2. The van der Waals surface area contributed by atoms with Crippen LogP contribution in [0, 0.1) is 28.3 Å². The molecule has 0 radical (unpaired) electrons. The summed E-state index contributed by atoms with van der Waals surface area (Å²) < 4.78 is 20.6. The number of carboxylic acid groups (broad SMARTS) is 1. The number of nitrogens with one attached hydrogen (secondary N) is 1. The maximum atomic E-state index is 14.3. The van der Waals surface area contributed by atoms with E-state index in [1.54, 1.807) is 13.0 Å². The lowest BCUT2D eigenvalue weighted by molar-refractivity contribution is -0.387. The molecule has 36 heavy (non-hydrogen) atoms. The summed E-state index contributed by atoms with van der Waals surface area (Å²) in [4.78, 5) is 36.9. The van der Waals surface area contributed by atoms with E-state index in [0.29, 0.717) is 28.5 Å². The molecular weight excluding hydrogens is 469 g/mol. The number of nitrogens with zero attached hydrogens (tertiary/aromatic N) is 2. The molecule has 0 bridgehead atoms. The number of halogens is 1. The van der Waals surface area contributed by atoms with Gasteiger partial charge in [0.1, 0.15) is 5.58 Å². The Kier molecular flexibility index (Phi) is 6.46. The van der Waals surface area contributed by atoms with Crippen molar-refractivity contribution in [3.63, 3.8) is 0 Å². The Morgan fingerprint density at radius 2 is 1.89 bits per heavy atom. The van der Waals surface area contributed by atoms with Gasteiger partial charge in [-0.05, 0) is 43.7 Å². The summed E-state index contributed by atoms with van der Waals surface area (Å²) in [5, 5.41) is 24.0. The first-order valence-corrected chi connectivity index (χ1v) is 11.7.